The molecule has 0 atom stereocenters. The van der Waals surface area contributed by atoms with Crippen molar-refractivity contribution in [3.8, 4) is 6.07 Å². The van der Waals surface area contributed by atoms with Crippen molar-refractivity contribution in [2.45, 2.75) is 0 Å². The predicted octanol–water partition coefficient (Wildman–Crippen LogP) is 2.83. The van der Waals surface area contributed by atoms with E-state index in [2.05, 4.69) is 10.8 Å². The molecule has 0 radical (unpaired) electrons. The molecule has 23 heavy (non-hydrogen) atoms. The third-order valence-corrected chi connectivity index (χ3v) is 3.58. The maximum absolute atomic E-state index is 12.6. The Bertz CT molecular complexity index is 950. The molecule has 3 rings (SSSR count). The maximum atomic E-state index is 12.6. The highest BCUT2D eigenvalue weighted by Gasteiger charge is 2.18. The Morgan fingerprint density at radius 1 is 1.09 bits per heavy atom. The third kappa shape index (κ3) is 2.47. The van der Waals surface area contributed by atoms with E-state index in [0.717, 1.165) is 0 Å². The second-order valence-corrected chi connectivity index (χ2v) is 4.91. The van der Waals surface area contributed by atoms with E-state index >= 15 is 0 Å². The zero-order chi connectivity index (χ0) is 16.4. The van der Waals surface area contributed by atoms with Gasteiger partial charge in [-0.05, 0) is 18.2 Å². The third-order valence-electron chi connectivity index (χ3n) is 3.58. The number of aromatic nitrogens is 1. The van der Waals surface area contributed by atoms with Gasteiger partial charge >= 0.3 is 5.97 Å². The van der Waals surface area contributed by atoms with Crippen LogP contribution in [0.15, 0.2) is 54.7 Å². The Kier molecular flexibility index (Phi) is 3.65. The molecule has 0 aliphatic heterocycles. The van der Waals surface area contributed by atoms with E-state index in [1.807, 2.05) is 6.07 Å². The number of nitrogens with zero attached hydrogens (tertiary/aromatic N) is 2. The summed E-state index contributed by atoms with van der Waals surface area (Å²) in [5.41, 5.74) is 2.06. The summed E-state index contributed by atoms with van der Waals surface area (Å²) < 4.78 is 6.30. The van der Waals surface area contributed by atoms with Gasteiger partial charge in [-0.15, -0.1) is 0 Å². The van der Waals surface area contributed by atoms with Gasteiger partial charge in [-0.2, -0.15) is 5.26 Å². The van der Waals surface area contributed by atoms with Crippen molar-refractivity contribution in [1.29, 1.82) is 5.26 Å². The van der Waals surface area contributed by atoms with Crippen LogP contribution in [0.4, 0.5) is 0 Å². The van der Waals surface area contributed by atoms with Gasteiger partial charge in [0, 0.05) is 11.8 Å². The summed E-state index contributed by atoms with van der Waals surface area (Å²) in [7, 11) is 1.29. The van der Waals surface area contributed by atoms with Crippen LogP contribution in [-0.2, 0) is 4.74 Å². The van der Waals surface area contributed by atoms with Crippen molar-refractivity contribution in [1.82, 2.24) is 4.40 Å². The molecule has 0 saturated heterocycles. The van der Waals surface area contributed by atoms with Crippen LogP contribution < -0.4 is 0 Å². The SMILES string of the molecule is COC(=O)c1ccn2c(C(=O)c3ccccc3)cc(C#N)c2c1. The monoisotopic (exact) mass is 304 g/mol. The maximum Gasteiger partial charge on any atom is 0.337 e. The fraction of sp³-hybridized carbons (Fsp3) is 0.0556. The number of hydrogen-bond acceptors (Lipinski definition) is 4. The normalized spacial score (nSPS) is 10.3. The molecule has 5 nitrogen and oxygen atoms in total. The predicted molar refractivity (Wildman–Crippen MR) is 83.3 cm³/mol. The Morgan fingerprint density at radius 2 is 1.83 bits per heavy atom. The summed E-state index contributed by atoms with van der Waals surface area (Å²) in [6.45, 7) is 0. The average molecular weight is 304 g/mol. The van der Waals surface area contributed by atoms with Gasteiger partial charge in [0.05, 0.1) is 29.4 Å². The van der Waals surface area contributed by atoms with Gasteiger partial charge in [0.1, 0.15) is 6.07 Å². The van der Waals surface area contributed by atoms with Crippen molar-refractivity contribution in [3.05, 3.63) is 77.1 Å². The standard InChI is InChI=1S/C18H12N2O3/c1-23-18(22)13-7-8-20-15(9-13)14(11-19)10-16(20)17(21)12-5-3-2-4-6-12/h2-10H,1H3. The summed E-state index contributed by atoms with van der Waals surface area (Å²) >= 11 is 0. The number of hydrogen-bond donors (Lipinski definition) is 0. The van der Waals surface area contributed by atoms with E-state index in [1.54, 1.807) is 47.0 Å². The summed E-state index contributed by atoms with van der Waals surface area (Å²) in [5.74, 6) is -0.679. The van der Waals surface area contributed by atoms with Crippen LogP contribution in [0.25, 0.3) is 5.52 Å². The first kappa shape index (κ1) is 14.5. The van der Waals surface area contributed by atoms with E-state index in [0.29, 0.717) is 27.9 Å². The fourth-order valence-electron chi connectivity index (χ4n) is 2.44. The van der Waals surface area contributed by atoms with E-state index in [4.69, 9.17) is 0 Å². The average Bonchev–Trinajstić information content (AvgIpc) is 2.99. The smallest absolute Gasteiger partial charge is 0.337 e. The first-order chi connectivity index (χ1) is 11.2. The number of carbonyl (C=O) groups is 2. The molecular weight excluding hydrogens is 292 g/mol. The van der Waals surface area contributed by atoms with Gasteiger partial charge in [-0.1, -0.05) is 30.3 Å². The number of rotatable bonds is 3. The molecule has 0 spiro atoms. The topological polar surface area (TPSA) is 71.6 Å². The number of benzene rings is 1. The second-order valence-electron chi connectivity index (χ2n) is 4.91. The van der Waals surface area contributed by atoms with Crippen LogP contribution in [0.2, 0.25) is 0 Å². The molecule has 2 aromatic heterocycles. The number of nitriles is 1. The number of ether oxygens (including phenoxy) is 1. The number of ketones is 1. The number of fused-ring (bicyclic) bond motifs is 1. The quantitative estimate of drug-likeness (QED) is 0.551. The lowest BCUT2D eigenvalue weighted by Crippen LogP contribution is -2.06. The lowest BCUT2D eigenvalue weighted by atomic mass is 10.1. The van der Waals surface area contributed by atoms with Crippen LogP contribution in [0.3, 0.4) is 0 Å². The van der Waals surface area contributed by atoms with Crippen LogP contribution >= 0.6 is 0 Å². The van der Waals surface area contributed by atoms with Crippen molar-refractivity contribution < 1.29 is 14.3 Å². The summed E-state index contributed by atoms with van der Waals surface area (Å²) in [6.07, 6.45) is 1.60. The van der Waals surface area contributed by atoms with Gasteiger partial charge < -0.3 is 9.14 Å². The van der Waals surface area contributed by atoms with E-state index in [9.17, 15) is 14.9 Å². The van der Waals surface area contributed by atoms with Gasteiger partial charge in [0.25, 0.3) is 0 Å². The Labute approximate surface area is 132 Å². The van der Waals surface area contributed by atoms with Gasteiger partial charge in [0.15, 0.2) is 0 Å². The van der Waals surface area contributed by atoms with Crippen LogP contribution in [-0.4, -0.2) is 23.3 Å². The minimum atomic E-state index is -0.492. The number of esters is 1. The van der Waals surface area contributed by atoms with E-state index in [-0.39, 0.29) is 5.78 Å². The number of methoxy groups -OCH3 is 1. The van der Waals surface area contributed by atoms with Crippen molar-refractivity contribution in [2.24, 2.45) is 0 Å². The molecular formula is C18H12N2O3. The molecule has 0 aliphatic rings. The molecule has 0 fully saturated rings. The van der Waals surface area contributed by atoms with E-state index in [1.165, 1.54) is 13.2 Å². The minimum absolute atomic E-state index is 0.187. The molecule has 0 amide bonds. The Hall–Kier alpha value is -3.39. The fourth-order valence-corrected chi connectivity index (χ4v) is 2.44. The zero-order valence-corrected chi connectivity index (χ0v) is 12.3. The molecule has 0 unspecified atom stereocenters. The van der Waals surface area contributed by atoms with Gasteiger partial charge in [-0.3, -0.25) is 4.79 Å². The summed E-state index contributed by atoms with van der Waals surface area (Å²) in [5, 5.41) is 9.30. The molecule has 0 saturated carbocycles. The summed E-state index contributed by atoms with van der Waals surface area (Å²) in [4.78, 5) is 24.3. The molecule has 3 aromatic rings. The molecule has 0 aliphatic carbocycles. The molecule has 0 bridgehead atoms. The molecule has 5 heteroatoms. The Morgan fingerprint density at radius 3 is 2.48 bits per heavy atom. The van der Waals surface area contributed by atoms with Crippen LogP contribution in [0.5, 0.6) is 0 Å². The van der Waals surface area contributed by atoms with E-state index < -0.39 is 5.97 Å². The largest absolute Gasteiger partial charge is 0.465 e. The highest BCUT2D eigenvalue weighted by molar-refractivity contribution is 6.09. The highest BCUT2D eigenvalue weighted by Crippen LogP contribution is 2.21. The minimum Gasteiger partial charge on any atom is -0.465 e. The molecule has 0 N–H and O–H groups in total. The summed E-state index contributed by atoms with van der Waals surface area (Å²) in [6, 6.07) is 15.5. The number of pyridine rings is 1. The van der Waals surface area contributed by atoms with Crippen molar-refractivity contribution >= 4 is 17.3 Å². The lowest BCUT2D eigenvalue weighted by molar-refractivity contribution is 0.0600. The Balaban J connectivity index is 2.18. The molecule has 112 valence electrons. The zero-order valence-electron chi connectivity index (χ0n) is 12.3. The second kappa shape index (κ2) is 5.78. The molecule has 1 aromatic carbocycles. The number of carbonyl (C=O) groups excluding carboxylic acids is 2. The first-order valence-corrected chi connectivity index (χ1v) is 6.89. The van der Waals surface area contributed by atoms with Crippen molar-refractivity contribution in [2.75, 3.05) is 7.11 Å². The highest BCUT2D eigenvalue weighted by atomic mass is 16.5. The van der Waals surface area contributed by atoms with Gasteiger partial charge in [-0.25, -0.2) is 4.79 Å². The van der Waals surface area contributed by atoms with Crippen molar-refractivity contribution in [3.63, 3.8) is 0 Å². The lowest BCUT2D eigenvalue weighted by Gasteiger charge is -2.04. The first-order valence-electron chi connectivity index (χ1n) is 6.89. The van der Waals surface area contributed by atoms with Crippen LogP contribution in [0.1, 0.15) is 32.0 Å². The molecule has 2 heterocycles. The van der Waals surface area contributed by atoms with Gasteiger partial charge in [0.2, 0.25) is 5.78 Å². The van der Waals surface area contributed by atoms with Crippen LogP contribution in [0, 0.1) is 11.3 Å².